The van der Waals surface area contributed by atoms with E-state index in [0.29, 0.717) is 0 Å². The quantitative estimate of drug-likeness (QED) is 0.175. The molecule has 3 aromatic heterocycles. The fourth-order valence-corrected chi connectivity index (χ4v) is 10.4. The highest BCUT2D eigenvalue weighted by Crippen LogP contribution is 2.53. The summed E-state index contributed by atoms with van der Waals surface area (Å²) in [5, 5.41) is 7.34. The summed E-state index contributed by atoms with van der Waals surface area (Å²) in [7, 11) is 0. The number of fused-ring (bicyclic) bond motifs is 13. The van der Waals surface area contributed by atoms with Crippen LogP contribution in [0.5, 0.6) is 0 Å². The molecule has 12 aromatic rings. The highest BCUT2D eigenvalue weighted by Gasteiger charge is 2.38. The van der Waals surface area contributed by atoms with E-state index in [-0.39, 0.29) is 5.41 Å². The summed E-state index contributed by atoms with van der Waals surface area (Å²) in [5.41, 5.74) is 18.7. The lowest BCUT2D eigenvalue weighted by atomic mass is 9.82. The summed E-state index contributed by atoms with van der Waals surface area (Å²) in [5.74, 6) is 0. The van der Waals surface area contributed by atoms with Crippen molar-refractivity contribution in [1.29, 1.82) is 0 Å². The molecule has 0 atom stereocenters. The molecule has 0 radical (unpaired) electrons. The minimum absolute atomic E-state index is 0.201. The van der Waals surface area contributed by atoms with Crippen LogP contribution in [0.2, 0.25) is 0 Å². The lowest BCUT2D eigenvalue weighted by molar-refractivity contribution is 0.653. The van der Waals surface area contributed by atoms with Gasteiger partial charge >= 0.3 is 0 Å². The van der Waals surface area contributed by atoms with Gasteiger partial charge in [0.15, 0.2) is 0 Å². The Morgan fingerprint density at radius 1 is 0.367 bits per heavy atom. The van der Waals surface area contributed by atoms with E-state index in [2.05, 4.69) is 217 Å². The van der Waals surface area contributed by atoms with E-state index in [1.54, 1.807) is 0 Å². The smallest absolute Gasteiger partial charge is 0.143 e. The van der Waals surface area contributed by atoms with Crippen LogP contribution in [0.25, 0.3) is 110 Å². The largest absolute Gasteiger partial charge is 0.455 e. The second-order valence-electron chi connectivity index (χ2n) is 16.9. The van der Waals surface area contributed by atoms with Gasteiger partial charge in [-0.1, -0.05) is 153 Å². The maximum atomic E-state index is 6.61. The normalized spacial score (nSPS) is 13.3. The lowest BCUT2D eigenvalue weighted by Crippen LogP contribution is -2.15. The maximum Gasteiger partial charge on any atom is 0.143 e. The molecule has 3 heteroatoms. The zero-order valence-corrected chi connectivity index (χ0v) is 33.3. The predicted octanol–water partition coefficient (Wildman–Crippen LogP) is 15.4. The van der Waals surface area contributed by atoms with Crippen LogP contribution in [0.1, 0.15) is 25.0 Å². The number of rotatable bonds is 4. The van der Waals surface area contributed by atoms with Crippen molar-refractivity contribution in [2.75, 3.05) is 0 Å². The van der Waals surface area contributed by atoms with Crippen LogP contribution in [-0.2, 0) is 5.41 Å². The molecule has 3 nitrogen and oxygen atoms in total. The third kappa shape index (κ3) is 4.60. The predicted molar refractivity (Wildman–Crippen MR) is 251 cm³/mol. The van der Waals surface area contributed by atoms with Crippen molar-refractivity contribution in [3.8, 4) is 44.8 Å². The van der Waals surface area contributed by atoms with Gasteiger partial charge in [0.05, 0.1) is 22.1 Å². The van der Waals surface area contributed by atoms with Crippen molar-refractivity contribution in [2.24, 2.45) is 0 Å². The SMILES string of the molecule is CC1(C)c2cc(-n3c4ccccc4c4ccc(-c5ccc6c7ccccc7n(-c7ccc(-c8ccccc8)cc7)c6c5)cc43)ccc2-c2c1ccc1c2oc2ccccc21. The summed E-state index contributed by atoms with van der Waals surface area (Å²) < 4.78 is 11.5. The van der Waals surface area contributed by atoms with Gasteiger partial charge in [0.25, 0.3) is 0 Å². The van der Waals surface area contributed by atoms with E-state index in [1.165, 1.54) is 93.5 Å². The molecule has 1 aliphatic rings. The van der Waals surface area contributed by atoms with E-state index in [0.717, 1.165) is 27.9 Å². The summed E-state index contributed by atoms with van der Waals surface area (Å²) in [6.07, 6.45) is 0. The van der Waals surface area contributed by atoms with E-state index in [1.807, 2.05) is 0 Å². The molecule has 9 aromatic carbocycles. The standard InChI is InChI=1S/C57H38N2O/c1-57(2)48-31-30-46-45-16-8-11-19-54(45)60-56(46)55(48)47-29-26-40(34-49(47)57)59-51-18-10-7-15-42(51)44-28-23-38(33-53(44)59)37-22-27-43-41-14-6-9-17-50(41)58(52(43)32-37)39-24-20-36(21-25-39)35-12-4-3-5-13-35/h3-34H,1-2H3. The Kier molecular flexibility index (Phi) is 6.78. The van der Waals surface area contributed by atoms with E-state index < -0.39 is 0 Å². The highest BCUT2D eigenvalue weighted by atomic mass is 16.3. The molecule has 0 saturated carbocycles. The molecule has 3 heterocycles. The van der Waals surface area contributed by atoms with Crippen molar-refractivity contribution >= 4 is 65.6 Å². The summed E-state index contributed by atoms with van der Waals surface area (Å²) >= 11 is 0. The summed E-state index contributed by atoms with van der Waals surface area (Å²) in [6.45, 7) is 4.71. The summed E-state index contributed by atoms with van der Waals surface area (Å²) in [6, 6.07) is 71.1. The van der Waals surface area contributed by atoms with Gasteiger partial charge in [-0.25, -0.2) is 0 Å². The van der Waals surface area contributed by atoms with Crippen LogP contribution in [0.15, 0.2) is 199 Å². The zero-order valence-electron chi connectivity index (χ0n) is 33.3. The number of furan rings is 1. The number of nitrogens with zero attached hydrogens (tertiary/aromatic N) is 2. The average molecular weight is 767 g/mol. The minimum atomic E-state index is -0.201. The van der Waals surface area contributed by atoms with Gasteiger partial charge in [-0.15, -0.1) is 0 Å². The van der Waals surface area contributed by atoms with Gasteiger partial charge in [-0.05, 0) is 93.5 Å². The molecule has 0 fully saturated rings. The Morgan fingerprint density at radius 2 is 0.883 bits per heavy atom. The Morgan fingerprint density at radius 3 is 1.57 bits per heavy atom. The highest BCUT2D eigenvalue weighted by molar-refractivity contribution is 6.14. The third-order valence-corrected chi connectivity index (χ3v) is 13.3. The first-order valence-electron chi connectivity index (χ1n) is 20.8. The lowest BCUT2D eigenvalue weighted by Gasteiger charge is -2.22. The molecular weight excluding hydrogens is 729 g/mol. The number of aromatic nitrogens is 2. The van der Waals surface area contributed by atoms with Crippen LogP contribution < -0.4 is 0 Å². The summed E-state index contributed by atoms with van der Waals surface area (Å²) in [4.78, 5) is 0. The maximum absolute atomic E-state index is 6.61. The van der Waals surface area contributed by atoms with Gasteiger partial charge in [0, 0.05) is 54.7 Å². The molecule has 0 N–H and O–H groups in total. The Labute approximate surface area is 347 Å². The first kappa shape index (κ1) is 33.4. The molecule has 13 rings (SSSR count). The molecule has 0 amide bonds. The number of benzene rings is 9. The molecule has 1 aliphatic carbocycles. The van der Waals surface area contributed by atoms with E-state index >= 15 is 0 Å². The van der Waals surface area contributed by atoms with Gasteiger partial charge in [-0.2, -0.15) is 0 Å². The van der Waals surface area contributed by atoms with Crippen molar-refractivity contribution in [1.82, 2.24) is 9.13 Å². The van der Waals surface area contributed by atoms with E-state index in [4.69, 9.17) is 4.42 Å². The fraction of sp³-hybridized carbons (Fsp3) is 0.0526. The van der Waals surface area contributed by atoms with Gasteiger partial charge in [0.1, 0.15) is 11.2 Å². The second-order valence-corrected chi connectivity index (χ2v) is 16.9. The molecule has 60 heavy (non-hydrogen) atoms. The third-order valence-electron chi connectivity index (χ3n) is 13.3. The first-order valence-corrected chi connectivity index (χ1v) is 20.8. The van der Waals surface area contributed by atoms with Crippen molar-refractivity contribution in [2.45, 2.75) is 19.3 Å². The number of para-hydroxylation sites is 3. The van der Waals surface area contributed by atoms with Crippen LogP contribution in [0.3, 0.4) is 0 Å². The van der Waals surface area contributed by atoms with Crippen molar-refractivity contribution < 1.29 is 4.42 Å². The molecule has 282 valence electrons. The molecule has 0 aliphatic heterocycles. The number of hydrogen-bond donors (Lipinski definition) is 0. The number of hydrogen-bond acceptors (Lipinski definition) is 1. The zero-order chi connectivity index (χ0) is 39.7. The second kappa shape index (κ2) is 12.2. The molecule has 0 spiro atoms. The minimum Gasteiger partial charge on any atom is -0.455 e. The van der Waals surface area contributed by atoms with Gasteiger partial charge < -0.3 is 13.6 Å². The first-order chi connectivity index (χ1) is 29.5. The Bertz CT molecular complexity index is 3730. The van der Waals surface area contributed by atoms with Crippen LogP contribution in [-0.4, -0.2) is 9.13 Å². The van der Waals surface area contributed by atoms with Crippen molar-refractivity contribution in [3.63, 3.8) is 0 Å². The van der Waals surface area contributed by atoms with Gasteiger partial charge in [0.2, 0.25) is 0 Å². The fourth-order valence-electron chi connectivity index (χ4n) is 10.4. The van der Waals surface area contributed by atoms with Crippen molar-refractivity contribution in [3.05, 3.63) is 205 Å². The topological polar surface area (TPSA) is 23.0 Å². The average Bonchev–Trinajstić information content (AvgIpc) is 4.01. The molecule has 0 bridgehead atoms. The molecule has 0 saturated heterocycles. The van der Waals surface area contributed by atoms with Gasteiger partial charge in [-0.3, -0.25) is 0 Å². The Balaban J connectivity index is 0.977. The van der Waals surface area contributed by atoms with Crippen LogP contribution >= 0.6 is 0 Å². The van der Waals surface area contributed by atoms with Crippen LogP contribution in [0, 0.1) is 0 Å². The molecular formula is C57H38N2O. The van der Waals surface area contributed by atoms with Crippen LogP contribution in [0.4, 0.5) is 0 Å². The Hall–Kier alpha value is -7.62. The molecule has 0 unspecified atom stereocenters. The van der Waals surface area contributed by atoms with E-state index in [9.17, 15) is 0 Å². The monoisotopic (exact) mass is 766 g/mol.